The van der Waals surface area contributed by atoms with Gasteiger partial charge in [0.2, 0.25) is 0 Å². The van der Waals surface area contributed by atoms with E-state index in [0.29, 0.717) is 0 Å². The number of phenolic OH excluding ortho intramolecular Hbond substituents is 3. The number of carbonyl (C=O) groups excluding carboxylic acids is 1. The van der Waals surface area contributed by atoms with Gasteiger partial charge in [0.15, 0.2) is 17.3 Å². The molecule has 49 heavy (non-hydrogen) atoms. The van der Waals surface area contributed by atoms with E-state index in [1.54, 1.807) is 0 Å². The van der Waals surface area contributed by atoms with E-state index in [4.69, 9.17) is 28.5 Å². The second-order valence-electron chi connectivity index (χ2n) is 11.5. The number of benzene rings is 2. The van der Waals surface area contributed by atoms with Gasteiger partial charge in [-0.25, -0.2) is 0 Å². The Morgan fingerprint density at radius 2 is 1.47 bits per heavy atom. The van der Waals surface area contributed by atoms with Crippen LogP contribution in [-0.2, 0) is 28.5 Å². The number of carboxylic acids is 1. The molecule has 2 aromatic carbocycles. The molecule has 5 rings (SSSR count). The molecule has 1 aromatic heterocycles. The van der Waals surface area contributed by atoms with Gasteiger partial charge in [-0.15, -0.1) is 0 Å². The van der Waals surface area contributed by atoms with Crippen molar-refractivity contribution in [1.82, 2.24) is 0 Å². The van der Waals surface area contributed by atoms with Crippen molar-refractivity contribution in [1.29, 1.82) is 0 Å². The van der Waals surface area contributed by atoms with Crippen LogP contribution in [0.2, 0.25) is 0 Å². The molecule has 10 N–H and O–H groups in total. The average Bonchev–Trinajstić information content (AvgIpc) is 3.06. The highest BCUT2D eigenvalue weighted by atomic mass is 16.7. The second kappa shape index (κ2) is 14.6. The van der Waals surface area contributed by atoms with Crippen LogP contribution in [0.4, 0.5) is 0 Å². The first-order chi connectivity index (χ1) is 23.2. The summed E-state index contributed by atoms with van der Waals surface area (Å²) < 4.78 is 28.1. The molecule has 0 saturated carbocycles. The smallest absolute Gasteiger partial charge is 0.306 e. The van der Waals surface area contributed by atoms with Crippen molar-refractivity contribution in [2.75, 3.05) is 13.2 Å². The van der Waals surface area contributed by atoms with Crippen molar-refractivity contribution in [2.45, 2.75) is 74.1 Å². The van der Waals surface area contributed by atoms with Gasteiger partial charge >= 0.3 is 11.9 Å². The van der Waals surface area contributed by atoms with Crippen molar-refractivity contribution in [3.8, 4) is 28.6 Å². The largest absolute Gasteiger partial charge is 0.508 e. The Morgan fingerprint density at radius 3 is 2.12 bits per heavy atom. The Morgan fingerprint density at radius 1 is 0.796 bits per heavy atom. The number of aliphatic carboxylic acids is 1. The number of hydrogen-bond acceptors (Lipinski definition) is 17. The highest BCUT2D eigenvalue weighted by Crippen LogP contribution is 2.45. The van der Waals surface area contributed by atoms with Crippen molar-refractivity contribution >= 4 is 22.9 Å². The average molecular weight is 695 g/mol. The number of hydrogen-bond donors (Lipinski definition) is 10. The third-order valence-corrected chi connectivity index (χ3v) is 8.21. The van der Waals surface area contributed by atoms with Crippen LogP contribution in [0.25, 0.3) is 22.3 Å². The molecular formula is C31H34O18. The molecule has 3 heterocycles. The maximum atomic E-state index is 13.3. The topological polar surface area (TPSA) is 304 Å². The van der Waals surface area contributed by atoms with E-state index in [1.807, 2.05) is 0 Å². The Bertz CT molecular complexity index is 1720. The third-order valence-electron chi connectivity index (χ3n) is 8.21. The number of aromatic hydroxyl groups is 3. The number of aliphatic hydroxyl groups excluding tert-OH is 6. The van der Waals surface area contributed by atoms with Gasteiger partial charge < -0.3 is 74.4 Å². The van der Waals surface area contributed by atoms with E-state index in [-0.39, 0.29) is 17.1 Å². The van der Waals surface area contributed by atoms with Crippen LogP contribution < -0.4 is 5.43 Å². The summed E-state index contributed by atoms with van der Waals surface area (Å²) in [7, 11) is 0. The number of phenols is 3. The van der Waals surface area contributed by atoms with Gasteiger partial charge in [0.25, 0.3) is 0 Å². The van der Waals surface area contributed by atoms with Gasteiger partial charge in [0.05, 0.1) is 25.0 Å². The minimum absolute atomic E-state index is 0.0932. The lowest BCUT2D eigenvalue weighted by Gasteiger charge is -2.46. The van der Waals surface area contributed by atoms with E-state index in [2.05, 4.69) is 0 Å². The summed E-state index contributed by atoms with van der Waals surface area (Å²) in [6.07, 6.45) is -19.5. The molecular weight excluding hydrogens is 660 g/mol. The summed E-state index contributed by atoms with van der Waals surface area (Å²) in [5, 5.41) is 103. The van der Waals surface area contributed by atoms with Gasteiger partial charge in [-0.05, 0) is 24.3 Å². The number of esters is 1. The SMILES string of the molecule is O=C(O)CCC(=O)OCC1OC(OC2C(c3c(O)cc(O)c4c(=O)cc(-c5ccc(O)cc5)oc34)OC(CO)C(O)C2O)C(O)C(O)C1O. The van der Waals surface area contributed by atoms with Gasteiger partial charge in [-0.2, -0.15) is 0 Å². The van der Waals surface area contributed by atoms with Crippen molar-refractivity contribution in [3.63, 3.8) is 0 Å². The molecule has 2 fully saturated rings. The summed E-state index contributed by atoms with van der Waals surface area (Å²) in [5.41, 5.74) is -1.40. The van der Waals surface area contributed by atoms with Crippen LogP contribution in [0.3, 0.4) is 0 Å². The number of carbonyl (C=O) groups is 2. The fourth-order valence-electron chi connectivity index (χ4n) is 5.62. The molecule has 18 heteroatoms. The van der Waals surface area contributed by atoms with Crippen LogP contribution in [0.1, 0.15) is 24.5 Å². The van der Waals surface area contributed by atoms with Gasteiger partial charge in [-0.3, -0.25) is 14.4 Å². The molecule has 0 bridgehead atoms. The van der Waals surface area contributed by atoms with Gasteiger partial charge in [0, 0.05) is 17.7 Å². The second-order valence-corrected chi connectivity index (χ2v) is 11.5. The van der Waals surface area contributed by atoms with E-state index in [1.165, 1.54) is 24.3 Å². The van der Waals surface area contributed by atoms with Crippen LogP contribution >= 0.6 is 0 Å². The fourth-order valence-corrected chi connectivity index (χ4v) is 5.62. The van der Waals surface area contributed by atoms with Crippen LogP contribution in [0.15, 0.2) is 45.6 Å². The Kier molecular flexibility index (Phi) is 10.7. The van der Waals surface area contributed by atoms with Gasteiger partial charge in [0.1, 0.15) is 89.9 Å². The molecule has 10 atom stereocenters. The maximum absolute atomic E-state index is 13.3. The quantitative estimate of drug-likeness (QED) is 0.106. The number of aliphatic hydroxyl groups is 6. The van der Waals surface area contributed by atoms with Crippen LogP contribution in [0.5, 0.6) is 17.2 Å². The molecule has 0 spiro atoms. The van der Waals surface area contributed by atoms with E-state index >= 15 is 0 Å². The van der Waals surface area contributed by atoms with Crippen LogP contribution in [-0.4, -0.2) is 131 Å². The lowest BCUT2D eigenvalue weighted by molar-refractivity contribution is -0.342. The maximum Gasteiger partial charge on any atom is 0.306 e. The first-order valence-electron chi connectivity index (χ1n) is 14.9. The zero-order chi connectivity index (χ0) is 35.7. The summed E-state index contributed by atoms with van der Waals surface area (Å²) in [4.78, 5) is 35.9. The first-order valence-corrected chi connectivity index (χ1v) is 14.9. The van der Waals surface area contributed by atoms with Crippen molar-refractivity contribution < 1.29 is 84.0 Å². The summed E-state index contributed by atoms with van der Waals surface area (Å²) in [5.74, 6) is -3.91. The van der Waals surface area contributed by atoms with Gasteiger partial charge in [-0.1, -0.05) is 0 Å². The Labute approximate surface area is 275 Å². The number of ether oxygens (including phenoxy) is 4. The van der Waals surface area contributed by atoms with Crippen molar-refractivity contribution in [2.24, 2.45) is 0 Å². The molecule has 2 aliphatic rings. The minimum Gasteiger partial charge on any atom is -0.508 e. The van der Waals surface area contributed by atoms with E-state index in [9.17, 15) is 60.3 Å². The lowest BCUT2D eigenvalue weighted by Crippen LogP contribution is -2.63. The predicted octanol–water partition coefficient (Wildman–Crippen LogP) is -1.67. The number of rotatable bonds is 10. The first kappa shape index (κ1) is 35.9. The molecule has 266 valence electrons. The summed E-state index contributed by atoms with van der Waals surface area (Å²) in [6, 6.07) is 7.25. The molecule has 0 radical (unpaired) electrons. The standard InChI is InChI=1S/C31H34O18/c32-9-17-23(40)26(43)30(49-31-27(44)25(42)24(41)18(48-31)10-45-20(39)6-5-19(37)38)29(47-17)22-14(35)7-13(34)21-15(36)8-16(46-28(21)22)11-1-3-12(33)4-2-11/h1-4,7-8,17-18,23-27,29-35,40-44H,5-6,9-10H2,(H,37,38). The molecule has 10 unspecified atom stereocenters. The van der Waals surface area contributed by atoms with E-state index < -0.39 is 133 Å². The zero-order valence-corrected chi connectivity index (χ0v) is 25.3. The van der Waals surface area contributed by atoms with Crippen molar-refractivity contribution in [3.05, 3.63) is 52.2 Å². The normalized spacial score (nSPS) is 30.2. The van der Waals surface area contributed by atoms with E-state index in [0.717, 1.165) is 12.1 Å². The minimum atomic E-state index is -2.04. The monoisotopic (exact) mass is 694 g/mol. The number of carboxylic acid groups (broad SMARTS) is 1. The lowest BCUT2D eigenvalue weighted by atomic mass is 9.89. The molecule has 3 aromatic rings. The third kappa shape index (κ3) is 7.32. The summed E-state index contributed by atoms with van der Waals surface area (Å²) in [6.45, 7) is -1.61. The fraction of sp³-hybridized carbons (Fsp3) is 0.452. The molecule has 2 saturated heterocycles. The van der Waals surface area contributed by atoms with Crippen LogP contribution in [0, 0.1) is 0 Å². The highest BCUT2D eigenvalue weighted by molar-refractivity contribution is 5.89. The predicted molar refractivity (Wildman–Crippen MR) is 159 cm³/mol. The zero-order valence-electron chi connectivity index (χ0n) is 25.3. The Balaban J connectivity index is 1.54. The summed E-state index contributed by atoms with van der Waals surface area (Å²) >= 11 is 0. The highest BCUT2D eigenvalue weighted by Gasteiger charge is 2.52. The molecule has 2 aliphatic heterocycles. The molecule has 0 aliphatic carbocycles. The Hall–Kier alpha value is -4.37. The number of fused-ring (bicyclic) bond motifs is 1. The molecule has 18 nitrogen and oxygen atoms in total. The molecule has 0 amide bonds.